The molecule has 1 atom stereocenters. The number of carbonyl (C=O) groups excluding carboxylic acids is 2. The van der Waals surface area contributed by atoms with Crippen LogP contribution in [0.25, 0.3) is 0 Å². The van der Waals surface area contributed by atoms with Crippen LogP contribution in [0.3, 0.4) is 0 Å². The number of quaternary nitrogens is 1. The average Bonchev–Trinajstić information content (AvgIpc) is 2.59. The van der Waals surface area contributed by atoms with Crippen LogP contribution in [0.5, 0.6) is 5.75 Å². The first-order valence-corrected chi connectivity index (χ1v) is 7.71. The summed E-state index contributed by atoms with van der Waals surface area (Å²) < 4.78 is 5.13. The van der Waals surface area contributed by atoms with Crippen LogP contribution in [-0.2, 0) is 11.2 Å². The largest absolute Gasteiger partial charge is 0.497 e. The maximum Gasteiger partial charge on any atom is 0.319 e. The molecule has 0 heterocycles. The highest BCUT2D eigenvalue weighted by Gasteiger charge is 2.24. The number of imide groups is 1. The Morgan fingerprint density at radius 2 is 1.79 bits per heavy atom. The van der Waals surface area contributed by atoms with Crippen molar-refractivity contribution in [2.75, 3.05) is 13.7 Å². The molecule has 5 N–H and O–H groups in total. The molecule has 0 aliphatic heterocycles. The Morgan fingerprint density at radius 1 is 1.12 bits per heavy atom. The first kappa shape index (κ1) is 17.5. The Balaban J connectivity index is 1.99. The van der Waals surface area contributed by atoms with Gasteiger partial charge in [0, 0.05) is 12.0 Å². The van der Waals surface area contributed by atoms with E-state index in [4.69, 9.17) is 10.5 Å². The number of primary amides is 1. The van der Waals surface area contributed by atoms with Gasteiger partial charge in [-0.15, -0.1) is 0 Å². The van der Waals surface area contributed by atoms with Gasteiger partial charge in [-0.1, -0.05) is 42.5 Å². The SMILES string of the molecule is COc1ccc(CC[NH2+][C@H](C(=O)NC(N)=O)c2ccccc2)cc1. The van der Waals surface area contributed by atoms with Crippen LogP contribution in [0.1, 0.15) is 17.2 Å². The number of urea groups is 1. The summed E-state index contributed by atoms with van der Waals surface area (Å²) in [4.78, 5) is 23.2. The van der Waals surface area contributed by atoms with E-state index in [1.807, 2.05) is 59.9 Å². The van der Waals surface area contributed by atoms with Crippen LogP contribution in [0.2, 0.25) is 0 Å². The molecule has 0 fully saturated rings. The van der Waals surface area contributed by atoms with E-state index >= 15 is 0 Å². The quantitative estimate of drug-likeness (QED) is 0.699. The highest BCUT2D eigenvalue weighted by atomic mass is 16.5. The van der Waals surface area contributed by atoms with Gasteiger partial charge in [-0.2, -0.15) is 0 Å². The van der Waals surface area contributed by atoms with Gasteiger partial charge < -0.3 is 15.8 Å². The Kier molecular flexibility index (Phi) is 6.33. The molecule has 0 aliphatic rings. The van der Waals surface area contributed by atoms with Crippen LogP contribution in [0.4, 0.5) is 4.79 Å². The number of nitrogens with two attached hydrogens (primary N) is 2. The van der Waals surface area contributed by atoms with Gasteiger partial charge in [0.2, 0.25) is 0 Å². The van der Waals surface area contributed by atoms with Gasteiger partial charge in [-0.05, 0) is 17.7 Å². The molecule has 0 unspecified atom stereocenters. The molecule has 0 aromatic heterocycles. The summed E-state index contributed by atoms with van der Waals surface area (Å²) in [6.45, 7) is 0.693. The van der Waals surface area contributed by atoms with E-state index in [0.29, 0.717) is 6.54 Å². The highest BCUT2D eigenvalue weighted by Crippen LogP contribution is 2.11. The monoisotopic (exact) mass is 328 g/mol. The third kappa shape index (κ3) is 5.10. The minimum Gasteiger partial charge on any atom is -0.497 e. The second-order valence-corrected chi connectivity index (χ2v) is 5.36. The van der Waals surface area contributed by atoms with Crippen molar-refractivity contribution in [2.45, 2.75) is 12.5 Å². The fraction of sp³-hybridized carbons (Fsp3) is 0.222. The molecule has 0 radical (unpaired) electrons. The Morgan fingerprint density at radius 3 is 2.38 bits per heavy atom. The van der Waals surface area contributed by atoms with Crippen LogP contribution in [0, 0.1) is 0 Å². The lowest BCUT2D eigenvalue weighted by Crippen LogP contribution is -2.88. The third-order valence-corrected chi connectivity index (χ3v) is 3.68. The second kappa shape index (κ2) is 8.69. The van der Waals surface area contributed by atoms with Gasteiger partial charge in [-0.25, -0.2) is 4.79 Å². The van der Waals surface area contributed by atoms with E-state index in [1.54, 1.807) is 7.11 Å². The van der Waals surface area contributed by atoms with E-state index in [9.17, 15) is 9.59 Å². The number of carbonyl (C=O) groups is 2. The van der Waals surface area contributed by atoms with E-state index in [-0.39, 0.29) is 0 Å². The lowest BCUT2D eigenvalue weighted by molar-refractivity contribution is -0.682. The number of hydrogen-bond donors (Lipinski definition) is 3. The molecule has 2 rings (SSSR count). The van der Waals surface area contributed by atoms with E-state index in [2.05, 4.69) is 5.32 Å². The van der Waals surface area contributed by atoms with E-state index < -0.39 is 18.0 Å². The molecule has 24 heavy (non-hydrogen) atoms. The van der Waals surface area contributed by atoms with Crippen LogP contribution >= 0.6 is 0 Å². The van der Waals surface area contributed by atoms with E-state index in [1.165, 1.54) is 0 Å². The number of benzene rings is 2. The number of amides is 3. The van der Waals surface area contributed by atoms with Gasteiger partial charge in [-0.3, -0.25) is 10.1 Å². The van der Waals surface area contributed by atoms with Crippen LogP contribution < -0.4 is 21.1 Å². The van der Waals surface area contributed by atoms with Gasteiger partial charge in [0.05, 0.1) is 13.7 Å². The molecule has 0 aliphatic carbocycles. The molecule has 2 aromatic rings. The summed E-state index contributed by atoms with van der Waals surface area (Å²) in [6.07, 6.45) is 0.789. The van der Waals surface area contributed by atoms with Crippen molar-refractivity contribution in [1.29, 1.82) is 0 Å². The number of nitrogens with one attached hydrogen (secondary N) is 1. The lowest BCUT2D eigenvalue weighted by atomic mass is 10.1. The molecule has 0 bridgehead atoms. The average molecular weight is 328 g/mol. The van der Waals surface area contributed by atoms with Crippen LogP contribution in [0.15, 0.2) is 54.6 Å². The summed E-state index contributed by atoms with van der Waals surface area (Å²) in [5.74, 6) is 0.397. The normalized spacial score (nSPS) is 11.5. The minimum atomic E-state index is -0.843. The summed E-state index contributed by atoms with van der Waals surface area (Å²) in [5.41, 5.74) is 7.03. The topological polar surface area (TPSA) is 98.0 Å². The third-order valence-electron chi connectivity index (χ3n) is 3.68. The summed E-state index contributed by atoms with van der Waals surface area (Å²) in [7, 11) is 1.63. The maximum absolute atomic E-state index is 12.2. The Hall–Kier alpha value is -2.86. The molecule has 0 saturated heterocycles. The lowest BCUT2D eigenvalue weighted by Gasteiger charge is -2.15. The van der Waals surface area contributed by atoms with Gasteiger partial charge in [0.25, 0.3) is 5.91 Å². The number of hydrogen-bond acceptors (Lipinski definition) is 3. The van der Waals surface area contributed by atoms with Crippen molar-refractivity contribution in [3.05, 3.63) is 65.7 Å². The summed E-state index contributed by atoms with van der Waals surface area (Å²) >= 11 is 0. The van der Waals surface area contributed by atoms with E-state index in [0.717, 1.165) is 23.3 Å². The first-order valence-electron chi connectivity index (χ1n) is 7.71. The zero-order valence-electron chi connectivity index (χ0n) is 13.6. The summed E-state index contributed by atoms with van der Waals surface area (Å²) in [5, 5.41) is 4.06. The molecular formula is C18H22N3O3+. The van der Waals surface area contributed by atoms with Crippen molar-refractivity contribution in [1.82, 2.24) is 5.32 Å². The van der Waals surface area contributed by atoms with Gasteiger partial charge >= 0.3 is 6.03 Å². The number of ether oxygens (including phenoxy) is 1. The number of methoxy groups -OCH3 is 1. The van der Waals surface area contributed by atoms with Crippen molar-refractivity contribution >= 4 is 11.9 Å². The maximum atomic E-state index is 12.2. The van der Waals surface area contributed by atoms with Crippen LogP contribution in [-0.4, -0.2) is 25.6 Å². The second-order valence-electron chi connectivity index (χ2n) is 5.36. The Bertz CT molecular complexity index is 672. The molecule has 126 valence electrons. The van der Waals surface area contributed by atoms with Crippen molar-refractivity contribution < 1.29 is 19.6 Å². The van der Waals surface area contributed by atoms with Gasteiger partial charge in [0.15, 0.2) is 6.04 Å². The molecule has 3 amide bonds. The predicted octanol–water partition coefficient (Wildman–Crippen LogP) is 0.737. The zero-order chi connectivity index (χ0) is 17.4. The van der Waals surface area contributed by atoms with Crippen molar-refractivity contribution in [2.24, 2.45) is 5.73 Å². The minimum absolute atomic E-state index is 0.413. The zero-order valence-corrected chi connectivity index (χ0v) is 13.6. The molecule has 6 nitrogen and oxygen atoms in total. The fourth-order valence-electron chi connectivity index (χ4n) is 2.46. The van der Waals surface area contributed by atoms with Crippen molar-refractivity contribution in [3.8, 4) is 5.75 Å². The summed E-state index contributed by atoms with van der Waals surface area (Å²) in [6, 6.07) is 15.7. The Labute approximate surface area is 141 Å². The molecule has 0 saturated carbocycles. The van der Waals surface area contributed by atoms with Crippen molar-refractivity contribution in [3.63, 3.8) is 0 Å². The highest BCUT2D eigenvalue weighted by molar-refractivity contribution is 5.96. The number of rotatable bonds is 7. The first-order chi connectivity index (χ1) is 11.6. The molecule has 2 aromatic carbocycles. The van der Waals surface area contributed by atoms with Gasteiger partial charge in [0.1, 0.15) is 5.75 Å². The predicted molar refractivity (Wildman–Crippen MR) is 90.4 cm³/mol. The molecular weight excluding hydrogens is 306 g/mol. The smallest absolute Gasteiger partial charge is 0.319 e. The molecule has 6 heteroatoms. The standard InChI is InChI=1S/C18H21N3O3/c1-24-15-9-7-13(8-10-15)11-12-20-16(17(22)21-18(19)23)14-5-3-2-4-6-14/h2-10,16,20H,11-12H2,1H3,(H3,19,21,22,23)/p+1/t16-/m0/s1. The fourth-order valence-corrected chi connectivity index (χ4v) is 2.46. The molecule has 0 spiro atoms.